The Labute approximate surface area is 260 Å². The van der Waals surface area contributed by atoms with Crippen LogP contribution in [-0.4, -0.2) is 86.4 Å². The molecule has 1 fully saturated rings. The summed E-state index contributed by atoms with van der Waals surface area (Å²) in [6, 6.07) is 14.2. The molecule has 0 aliphatic carbocycles. The molecule has 0 unspecified atom stereocenters. The number of benzene rings is 2. The van der Waals surface area contributed by atoms with Crippen molar-refractivity contribution in [2.45, 2.75) is 50.7 Å². The van der Waals surface area contributed by atoms with Gasteiger partial charge >= 0.3 is 24.3 Å². The Kier molecular flexibility index (Phi) is 15.8. The fraction of sp³-hybridized carbons (Fsp3) is 0.444. The number of amidine groups is 1. The molecule has 1 aliphatic rings. The van der Waals surface area contributed by atoms with Crippen molar-refractivity contribution in [1.29, 1.82) is 5.41 Å². The molecule has 0 radical (unpaired) electrons. The molecule has 258 valence electrons. The smallest absolute Gasteiger partial charge is 0.490 e. The van der Waals surface area contributed by atoms with Gasteiger partial charge in [0.25, 0.3) is 0 Å². The molecule has 1 aliphatic heterocycles. The lowest BCUT2D eigenvalue weighted by Gasteiger charge is -2.24. The summed E-state index contributed by atoms with van der Waals surface area (Å²) in [6.45, 7) is 3.69. The average molecular weight is 689 g/mol. The highest BCUT2D eigenvalue weighted by Crippen LogP contribution is 2.19. The Bertz CT molecular complexity index is 1360. The van der Waals surface area contributed by atoms with E-state index in [1.807, 2.05) is 24.3 Å². The van der Waals surface area contributed by atoms with Gasteiger partial charge in [-0.25, -0.2) is 22.7 Å². The van der Waals surface area contributed by atoms with E-state index in [1.165, 1.54) is 0 Å². The Morgan fingerprint density at radius 1 is 1.00 bits per heavy atom. The van der Waals surface area contributed by atoms with Gasteiger partial charge in [-0.15, -0.1) is 0 Å². The number of ether oxygens (including phenoxy) is 2. The van der Waals surface area contributed by atoms with Crippen molar-refractivity contribution in [3.8, 4) is 11.5 Å². The van der Waals surface area contributed by atoms with Gasteiger partial charge in [0, 0.05) is 5.56 Å². The van der Waals surface area contributed by atoms with Crippen molar-refractivity contribution in [3.05, 3.63) is 59.7 Å². The highest BCUT2D eigenvalue weighted by atomic mass is 32.2. The molecule has 2 aromatic carbocycles. The van der Waals surface area contributed by atoms with E-state index in [9.17, 15) is 34.8 Å². The summed E-state index contributed by atoms with van der Waals surface area (Å²) < 4.78 is 102. The van der Waals surface area contributed by atoms with Crippen molar-refractivity contribution in [2.75, 3.05) is 25.4 Å². The lowest BCUT2D eigenvalue weighted by molar-refractivity contribution is -0.193. The second-order valence-electron chi connectivity index (χ2n) is 9.49. The first-order valence-electron chi connectivity index (χ1n) is 13.4. The molecule has 0 aromatic heterocycles. The van der Waals surface area contributed by atoms with Crippen LogP contribution < -0.4 is 25.2 Å². The number of sulfonamides is 1. The van der Waals surface area contributed by atoms with Gasteiger partial charge < -0.3 is 30.7 Å². The number of carboxylic acids is 2. The standard InChI is InChI=1S/C23H32N4O4S.2C2HF3O2/c1-2-32(28,29)27-19(16-30-22-5-3-4-18(15-22)23(24)25)14-17-6-8-20(9-7-17)31-21-10-12-26-13-11-21;2*3-2(4,5)1(6)7/h3-9,15,19,21,26-27H,2,10-14,16H2,1H3,(H3,24,25);2*(H,6,7)/t19-;;/m1../s1. The highest BCUT2D eigenvalue weighted by Gasteiger charge is 2.38. The molecule has 0 bridgehead atoms. The van der Waals surface area contributed by atoms with E-state index in [-0.39, 0.29) is 24.3 Å². The molecule has 1 heterocycles. The van der Waals surface area contributed by atoms with Crippen LogP contribution in [-0.2, 0) is 26.0 Å². The maximum Gasteiger partial charge on any atom is 0.490 e. The zero-order valence-corrected chi connectivity index (χ0v) is 25.1. The van der Waals surface area contributed by atoms with Crippen LogP contribution in [0.4, 0.5) is 26.3 Å². The normalized spacial score (nSPS) is 14.4. The number of piperidine rings is 1. The third kappa shape index (κ3) is 16.3. The number of rotatable bonds is 11. The second-order valence-corrected chi connectivity index (χ2v) is 11.5. The van der Waals surface area contributed by atoms with Gasteiger partial charge in [-0.2, -0.15) is 26.3 Å². The lowest BCUT2D eigenvalue weighted by Crippen LogP contribution is -2.41. The molecule has 7 N–H and O–H groups in total. The van der Waals surface area contributed by atoms with Crippen LogP contribution in [0.3, 0.4) is 0 Å². The van der Waals surface area contributed by atoms with Gasteiger partial charge in [0.1, 0.15) is 30.0 Å². The number of halogens is 6. The fourth-order valence-electron chi connectivity index (χ4n) is 3.52. The summed E-state index contributed by atoms with van der Waals surface area (Å²) in [5.74, 6) is -4.22. The zero-order chi connectivity index (χ0) is 35.1. The van der Waals surface area contributed by atoms with Crippen LogP contribution in [0.25, 0.3) is 0 Å². The van der Waals surface area contributed by atoms with Crippen molar-refractivity contribution in [1.82, 2.24) is 10.0 Å². The molecule has 46 heavy (non-hydrogen) atoms. The summed E-state index contributed by atoms with van der Waals surface area (Å²) in [7, 11) is -3.41. The van der Waals surface area contributed by atoms with E-state index in [4.69, 9.17) is 40.4 Å². The molecule has 3 rings (SSSR count). The van der Waals surface area contributed by atoms with Gasteiger partial charge in [-0.1, -0.05) is 24.3 Å². The van der Waals surface area contributed by atoms with E-state index in [1.54, 1.807) is 31.2 Å². The molecule has 1 saturated heterocycles. The molecule has 12 nitrogen and oxygen atoms in total. The molecule has 19 heteroatoms. The highest BCUT2D eigenvalue weighted by molar-refractivity contribution is 7.89. The van der Waals surface area contributed by atoms with Crippen LogP contribution in [0.15, 0.2) is 48.5 Å². The predicted molar refractivity (Wildman–Crippen MR) is 153 cm³/mol. The molecule has 0 saturated carbocycles. The summed E-state index contributed by atoms with van der Waals surface area (Å²) >= 11 is 0. The van der Waals surface area contributed by atoms with Crippen LogP contribution in [0, 0.1) is 5.41 Å². The van der Waals surface area contributed by atoms with Gasteiger partial charge in [-0.05, 0) is 69.1 Å². The monoisotopic (exact) mass is 688 g/mol. The van der Waals surface area contributed by atoms with Gasteiger partial charge in [-0.3, -0.25) is 5.41 Å². The van der Waals surface area contributed by atoms with Crippen LogP contribution in [0.1, 0.15) is 30.9 Å². The van der Waals surface area contributed by atoms with E-state index >= 15 is 0 Å². The predicted octanol–water partition coefficient (Wildman–Crippen LogP) is 3.30. The van der Waals surface area contributed by atoms with Crippen LogP contribution in [0.2, 0.25) is 0 Å². The van der Waals surface area contributed by atoms with E-state index in [2.05, 4.69) is 10.0 Å². The molecular weight excluding hydrogens is 654 g/mol. The zero-order valence-electron chi connectivity index (χ0n) is 24.3. The Morgan fingerprint density at radius 3 is 1.98 bits per heavy atom. The van der Waals surface area contributed by atoms with Crippen molar-refractivity contribution >= 4 is 27.8 Å². The SMILES string of the molecule is CCS(=O)(=O)N[C@@H](COc1cccc(C(=N)N)c1)Cc1ccc(OC2CCNCC2)cc1.O=C(O)C(F)(F)F.O=C(O)C(F)(F)F. The minimum Gasteiger partial charge on any atom is -0.492 e. The van der Waals surface area contributed by atoms with E-state index in [0.29, 0.717) is 17.7 Å². The number of nitrogens with one attached hydrogen (secondary N) is 3. The second kappa shape index (κ2) is 18.1. The Balaban J connectivity index is 0.000000629. The quantitative estimate of drug-likeness (QED) is 0.116. The number of carbonyl (C=O) groups is 2. The summed E-state index contributed by atoms with van der Waals surface area (Å²) in [5.41, 5.74) is 7.07. The number of carboxylic acid groups (broad SMARTS) is 2. The van der Waals surface area contributed by atoms with E-state index < -0.39 is 40.4 Å². The first kappa shape index (κ1) is 39.9. The number of hydrogen-bond donors (Lipinski definition) is 6. The maximum absolute atomic E-state index is 12.2. The summed E-state index contributed by atoms with van der Waals surface area (Å²) in [6.07, 6.45) is -7.49. The van der Waals surface area contributed by atoms with Gasteiger partial charge in [0.05, 0.1) is 11.8 Å². The molecule has 0 amide bonds. The van der Waals surface area contributed by atoms with Crippen LogP contribution in [0.5, 0.6) is 11.5 Å². The number of nitrogen functional groups attached to an aromatic ring is 1. The van der Waals surface area contributed by atoms with Gasteiger partial charge in [0.15, 0.2) is 0 Å². The lowest BCUT2D eigenvalue weighted by atomic mass is 10.1. The van der Waals surface area contributed by atoms with Crippen molar-refractivity contribution in [2.24, 2.45) is 5.73 Å². The Morgan fingerprint density at radius 2 is 1.52 bits per heavy atom. The number of aliphatic carboxylic acids is 2. The molecule has 2 aromatic rings. The summed E-state index contributed by atoms with van der Waals surface area (Å²) in [5, 5.41) is 25.1. The minimum absolute atomic E-state index is 0.00759. The Hall–Kier alpha value is -4.10. The number of alkyl halides is 6. The minimum atomic E-state index is -5.08. The van der Waals surface area contributed by atoms with Crippen molar-refractivity contribution < 1.29 is 64.0 Å². The molecule has 1 atom stereocenters. The average Bonchev–Trinajstić information content (AvgIpc) is 2.97. The third-order valence-corrected chi connectivity index (χ3v) is 7.25. The number of hydrogen-bond acceptors (Lipinski definition) is 8. The largest absolute Gasteiger partial charge is 0.492 e. The fourth-order valence-corrected chi connectivity index (χ4v) is 4.34. The molecular formula is C27H34F6N4O8S. The van der Waals surface area contributed by atoms with Crippen molar-refractivity contribution in [3.63, 3.8) is 0 Å². The van der Waals surface area contributed by atoms with Crippen LogP contribution >= 0.6 is 0 Å². The first-order valence-corrected chi connectivity index (χ1v) is 15.0. The topological polar surface area (TPSA) is 201 Å². The third-order valence-electron chi connectivity index (χ3n) is 5.80. The number of nitrogens with two attached hydrogens (primary N) is 1. The van der Waals surface area contributed by atoms with Gasteiger partial charge in [0.2, 0.25) is 10.0 Å². The molecule has 0 spiro atoms. The first-order chi connectivity index (χ1) is 21.2. The summed E-state index contributed by atoms with van der Waals surface area (Å²) in [4.78, 5) is 17.8. The van der Waals surface area contributed by atoms with E-state index in [0.717, 1.165) is 37.2 Å². The maximum atomic E-state index is 12.2.